The zero-order valence-corrected chi connectivity index (χ0v) is 18.7. The highest BCUT2D eigenvalue weighted by atomic mass is 32.2. The molecule has 1 aliphatic heterocycles. The van der Waals surface area contributed by atoms with E-state index in [1.165, 1.54) is 36.9 Å². The predicted molar refractivity (Wildman–Crippen MR) is 123 cm³/mol. The average Bonchev–Trinajstić information content (AvgIpc) is 2.77. The maximum atomic E-state index is 12.6. The van der Waals surface area contributed by atoms with Gasteiger partial charge in [-0.05, 0) is 26.3 Å². The number of nitriles is 1. The summed E-state index contributed by atoms with van der Waals surface area (Å²) in [7, 11) is 0. The average molecular weight is 448 g/mol. The Kier molecular flexibility index (Phi) is 6.91. The highest BCUT2D eigenvalue weighted by Crippen LogP contribution is 2.41. The summed E-state index contributed by atoms with van der Waals surface area (Å²) in [6.07, 6.45) is 0. The Bertz CT molecular complexity index is 1210. The van der Waals surface area contributed by atoms with E-state index >= 15 is 0 Å². The number of thioether (sulfide) groups is 1. The number of nitro groups is 1. The van der Waals surface area contributed by atoms with Crippen molar-refractivity contribution in [1.82, 2.24) is 5.32 Å². The third-order valence-corrected chi connectivity index (χ3v) is 6.18. The SMILES string of the molecule is CC(=O)C1=C(C)NC(SCC(=O)c2ccc(C)cc2)=C(C#N)C1c1cccc([N+](=O)[O-])c1. The molecule has 0 bridgehead atoms. The predicted octanol–water partition coefficient (Wildman–Crippen LogP) is 4.80. The number of carbonyl (C=O) groups is 2. The number of nitro benzene ring substituents is 1. The van der Waals surface area contributed by atoms with Crippen LogP contribution >= 0.6 is 11.8 Å². The molecule has 0 saturated carbocycles. The van der Waals surface area contributed by atoms with Gasteiger partial charge in [0, 0.05) is 29.0 Å². The number of hydrogen-bond acceptors (Lipinski definition) is 7. The standard InChI is InChI=1S/C24H21N3O4S/c1-14-7-9-17(10-8-14)21(29)13-32-24-20(12-25)23(22(16(3)28)15(2)26-24)18-5-4-6-19(11-18)27(30)31/h4-11,23,26H,13H2,1-3H3. The third-order valence-electron chi connectivity index (χ3n) is 5.16. The molecule has 0 fully saturated rings. The quantitative estimate of drug-likeness (QED) is 0.368. The lowest BCUT2D eigenvalue weighted by atomic mass is 9.81. The summed E-state index contributed by atoms with van der Waals surface area (Å²) < 4.78 is 0. The smallest absolute Gasteiger partial charge is 0.269 e. The Balaban J connectivity index is 1.99. The van der Waals surface area contributed by atoms with E-state index in [2.05, 4.69) is 11.4 Å². The van der Waals surface area contributed by atoms with Crippen molar-refractivity contribution in [2.75, 3.05) is 5.75 Å². The number of dihydropyridines is 1. The lowest BCUT2D eigenvalue weighted by Gasteiger charge is -2.29. The van der Waals surface area contributed by atoms with Gasteiger partial charge in [0.2, 0.25) is 0 Å². The molecule has 1 aliphatic rings. The molecule has 0 saturated heterocycles. The van der Waals surface area contributed by atoms with Gasteiger partial charge in [-0.15, -0.1) is 0 Å². The molecule has 0 radical (unpaired) electrons. The van der Waals surface area contributed by atoms with Gasteiger partial charge in [0.15, 0.2) is 11.6 Å². The molecule has 0 aliphatic carbocycles. The topological polar surface area (TPSA) is 113 Å². The fourth-order valence-corrected chi connectivity index (χ4v) is 4.59. The van der Waals surface area contributed by atoms with Crippen molar-refractivity contribution in [2.45, 2.75) is 26.7 Å². The summed E-state index contributed by atoms with van der Waals surface area (Å²) >= 11 is 1.18. The number of carbonyl (C=O) groups excluding carboxylic acids is 2. The Morgan fingerprint density at radius 2 is 1.88 bits per heavy atom. The second-order valence-electron chi connectivity index (χ2n) is 7.44. The number of non-ortho nitro benzene ring substituents is 1. The first-order chi connectivity index (χ1) is 15.2. The number of nitrogens with one attached hydrogen (secondary N) is 1. The van der Waals surface area contributed by atoms with E-state index in [0.717, 1.165) is 5.56 Å². The Labute approximate surface area is 190 Å². The molecule has 1 N–H and O–H groups in total. The second-order valence-corrected chi connectivity index (χ2v) is 8.42. The first kappa shape index (κ1) is 23.0. The van der Waals surface area contributed by atoms with Crippen molar-refractivity contribution in [3.05, 3.63) is 97.2 Å². The van der Waals surface area contributed by atoms with Gasteiger partial charge in [0.25, 0.3) is 5.69 Å². The van der Waals surface area contributed by atoms with Gasteiger partial charge >= 0.3 is 0 Å². The van der Waals surface area contributed by atoms with Crippen LogP contribution in [0, 0.1) is 28.4 Å². The van der Waals surface area contributed by atoms with Gasteiger partial charge in [0.1, 0.15) is 0 Å². The van der Waals surface area contributed by atoms with Crippen molar-refractivity contribution in [2.24, 2.45) is 0 Å². The fraction of sp³-hybridized carbons (Fsp3) is 0.208. The molecule has 1 unspecified atom stereocenters. The van der Waals surface area contributed by atoms with Crippen LogP contribution in [0.5, 0.6) is 0 Å². The molecule has 2 aromatic carbocycles. The fourth-order valence-electron chi connectivity index (χ4n) is 3.61. The van der Waals surface area contributed by atoms with Crippen LogP contribution < -0.4 is 5.32 Å². The molecule has 3 rings (SSSR count). The molecule has 32 heavy (non-hydrogen) atoms. The van der Waals surface area contributed by atoms with Crippen LogP contribution in [0.3, 0.4) is 0 Å². The number of allylic oxidation sites excluding steroid dienone is 3. The minimum Gasteiger partial charge on any atom is -0.353 e. The van der Waals surface area contributed by atoms with Crippen LogP contribution in [0.1, 0.15) is 41.3 Å². The van der Waals surface area contributed by atoms with Crippen LogP contribution in [-0.4, -0.2) is 22.2 Å². The number of aryl methyl sites for hydroxylation is 1. The van der Waals surface area contributed by atoms with Gasteiger partial charge in [0.05, 0.1) is 33.3 Å². The lowest BCUT2D eigenvalue weighted by Crippen LogP contribution is -2.27. The first-order valence-electron chi connectivity index (χ1n) is 9.83. The van der Waals surface area contributed by atoms with E-state index < -0.39 is 10.8 Å². The molecule has 0 aromatic heterocycles. The molecule has 7 nitrogen and oxygen atoms in total. The van der Waals surface area contributed by atoms with E-state index in [1.807, 2.05) is 19.1 Å². The van der Waals surface area contributed by atoms with Gasteiger partial charge in [-0.3, -0.25) is 19.7 Å². The van der Waals surface area contributed by atoms with Crippen molar-refractivity contribution >= 4 is 29.0 Å². The zero-order chi connectivity index (χ0) is 23.4. The number of benzene rings is 2. The minimum atomic E-state index is -0.754. The molecule has 0 amide bonds. The normalized spacial score (nSPS) is 15.8. The summed E-state index contributed by atoms with van der Waals surface area (Å²) in [6, 6.07) is 15.3. The molecule has 1 heterocycles. The van der Waals surface area contributed by atoms with Crippen molar-refractivity contribution < 1.29 is 14.5 Å². The molecule has 8 heteroatoms. The number of ketones is 2. The maximum Gasteiger partial charge on any atom is 0.269 e. The largest absolute Gasteiger partial charge is 0.353 e. The van der Waals surface area contributed by atoms with Gasteiger partial charge < -0.3 is 5.32 Å². The first-order valence-corrected chi connectivity index (χ1v) is 10.8. The number of nitrogens with zero attached hydrogens (tertiary/aromatic N) is 2. The Hall–Kier alpha value is -3.70. The Morgan fingerprint density at radius 3 is 2.47 bits per heavy atom. The van der Waals surface area contributed by atoms with Crippen LogP contribution in [-0.2, 0) is 4.79 Å². The second kappa shape index (κ2) is 9.62. The third kappa shape index (κ3) is 4.79. The maximum absolute atomic E-state index is 12.6. The summed E-state index contributed by atoms with van der Waals surface area (Å²) in [6.45, 7) is 5.06. The highest BCUT2D eigenvalue weighted by molar-refractivity contribution is 8.03. The van der Waals surface area contributed by atoms with E-state index in [4.69, 9.17) is 0 Å². The molecule has 0 spiro atoms. The van der Waals surface area contributed by atoms with Crippen molar-refractivity contribution in [3.8, 4) is 6.07 Å². The van der Waals surface area contributed by atoms with Gasteiger partial charge in [-0.2, -0.15) is 5.26 Å². The summed E-state index contributed by atoms with van der Waals surface area (Å²) in [5.41, 5.74) is 3.16. The lowest BCUT2D eigenvalue weighted by molar-refractivity contribution is -0.384. The Morgan fingerprint density at radius 1 is 1.19 bits per heavy atom. The van der Waals surface area contributed by atoms with Crippen molar-refractivity contribution in [1.29, 1.82) is 5.26 Å². The van der Waals surface area contributed by atoms with Gasteiger partial charge in [-0.1, -0.05) is 53.7 Å². The molecule has 162 valence electrons. The van der Waals surface area contributed by atoms with E-state index in [1.54, 1.807) is 25.1 Å². The summed E-state index contributed by atoms with van der Waals surface area (Å²) in [5.74, 6) is -0.983. The number of rotatable bonds is 7. The summed E-state index contributed by atoms with van der Waals surface area (Å²) in [4.78, 5) is 35.8. The van der Waals surface area contributed by atoms with Crippen molar-refractivity contribution in [3.63, 3.8) is 0 Å². The summed E-state index contributed by atoms with van der Waals surface area (Å²) in [5, 5.41) is 24.8. The molecule has 1 atom stereocenters. The van der Waals surface area contributed by atoms with E-state index in [9.17, 15) is 25.0 Å². The van der Waals surface area contributed by atoms with Crippen LogP contribution in [0.15, 0.2) is 70.4 Å². The molecule has 2 aromatic rings. The van der Waals surface area contributed by atoms with E-state index in [0.29, 0.717) is 27.4 Å². The zero-order valence-electron chi connectivity index (χ0n) is 17.8. The minimum absolute atomic E-state index is 0.0903. The van der Waals surface area contributed by atoms with Crippen LogP contribution in [0.2, 0.25) is 0 Å². The molecular weight excluding hydrogens is 426 g/mol. The number of Topliss-reactive ketones (excluding diaryl/α,β-unsaturated/α-hetero) is 2. The highest BCUT2D eigenvalue weighted by Gasteiger charge is 2.34. The monoisotopic (exact) mass is 447 g/mol. The van der Waals surface area contributed by atoms with Crippen LogP contribution in [0.25, 0.3) is 0 Å². The van der Waals surface area contributed by atoms with E-state index in [-0.39, 0.29) is 28.6 Å². The number of hydrogen-bond donors (Lipinski definition) is 1. The van der Waals surface area contributed by atoms with Crippen LogP contribution in [0.4, 0.5) is 5.69 Å². The van der Waals surface area contributed by atoms with Gasteiger partial charge in [-0.25, -0.2) is 0 Å². The molecular formula is C24H21N3O4S.